The van der Waals surface area contributed by atoms with Gasteiger partial charge in [-0.15, -0.1) is 0 Å². The van der Waals surface area contributed by atoms with Gasteiger partial charge in [-0.05, 0) is 13.8 Å². The Morgan fingerprint density at radius 1 is 1.53 bits per heavy atom. The lowest BCUT2D eigenvalue weighted by molar-refractivity contribution is -0.147. The molecule has 0 aliphatic heterocycles. The Balaban J connectivity index is 4.85. The van der Waals surface area contributed by atoms with Crippen molar-refractivity contribution in [2.24, 2.45) is 0 Å². The maximum absolute atomic E-state index is 11.4. The molecule has 0 aromatic heterocycles. The normalized spacial score (nSPS) is 10.3. The van der Waals surface area contributed by atoms with Crippen molar-refractivity contribution in [1.82, 2.24) is 10.2 Å². The van der Waals surface area contributed by atoms with Crippen LogP contribution in [0.2, 0.25) is 0 Å². The van der Waals surface area contributed by atoms with Gasteiger partial charge in [0.25, 0.3) is 0 Å². The highest BCUT2D eigenvalue weighted by molar-refractivity contribution is 5.85. The molecule has 0 unspecified atom stereocenters. The van der Waals surface area contributed by atoms with E-state index in [0.29, 0.717) is 0 Å². The first-order valence-electron chi connectivity index (χ1n) is 4.47. The van der Waals surface area contributed by atoms with Gasteiger partial charge in [0.2, 0.25) is 0 Å². The fraction of sp³-hybridized carbons (Fsp3) is 0.667. The molecule has 0 aromatic carbocycles. The second-order valence-corrected chi connectivity index (χ2v) is 3.48. The van der Waals surface area contributed by atoms with Crippen LogP contribution in [-0.2, 0) is 4.79 Å². The summed E-state index contributed by atoms with van der Waals surface area (Å²) >= 11 is 0. The van der Waals surface area contributed by atoms with Gasteiger partial charge in [-0.25, -0.2) is 9.59 Å². The molecule has 0 aliphatic carbocycles. The van der Waals surface area contributed by atoms with Gasteiger partial charge in [0.15, 0.2) is 0 Å². The third-order valence-electron chi connectivity index (χ3n) is 2.10. The van der Waals surface area contributed by atoms with Crippen LogP contribution in [0.25, 0.3) is 0 Å². The number of hydrogen-bond donors (Lipinski definition) is 2. The fourth-order valence-corrected chi connectivity index (χ4v) is 1.05. The zero-order valence-corrected chi connectivity index (χ0v) is 9.07. The number of nitriles is 1. The van der Waals surface area contributed by atoms with Crippen molar-refractivity contribution >= 4 is 12.0 Å². The molecule has 15 heavy (non-hydrogen) atoms. The quantitative estimate of drug-likeness (QED) is 0.707. The zero-order valence-electron chi connectivity index (χ0n) is 9.07. The van der Waals surface area contributed by atoms with E-state index in [9.17, 15) is 9.59 Å². The number of amides is 2. The van der Waals surface area contributed by atoms with Crippen LogP contribution in [0.5, 0.6) is 0 Å². The van der Waals surface area contributed by atoms with Gasteiger partial charge >= 0.3 is 12.0 Å². The van der Waals surface area contributed by atoms with Crippen LogP contribution in [0.3, 0.4) is 0 Å². The number of nitrogens with zero attached hydrogens (tertiary/aromatic N) is 2. The first-order valence-corrected chi connectivity index (χ1v) is 4.47. The summed E-state index contributed by atoms with van der Waals surface area (Å²) in [6.45, 7) is 2.93. The van der Waals surface area contributed by atoms with E-state index in [-0.39, 0.29) is 13.0 Å². The summed E-state index contributed by atoms with van der Waals surface area (Å²) in [5, 5.41) is 19.7. The molecular weight excluding hydrogens is 198 g/mol. The second kappa shape index (κ2) is 5.20. The van der Waals surface area contributed by atoms with E-state index in [2.05, 4.69) is 5.32 Å². The van der Waals surface area contributed by atoms with E-state index >= 15 is 0 Å². The molecule has 0 spiro atoms. The summed E-state index contributed by atoms with van der Waals surface area (Å²) in [7, 11) is 1.42. The van der Waals surface area contributed by atoms with Crippen molar-refractivity contribution in [2.75, 3.05) is 13.6 Å². The first kappa shape index (κ1) is 13.2. The summed E-state index contributed by atoms with van der Waals surface area (Å²) < 4.78 is 0. The molecule has 2 N–H and O–H groups in total. The molecule has 6 nitrogen and oxygen atoms in total. The van der Waals surface area contributed by atoms with Gasteiger partial charge in [-0.1, -0.05) is 0 Å². The largest absolute Gasteiger partial charge is 0.480 e. The van der Waals surface area contributed by atoms with Gasteiger partial charge in [0.05, 0.1) is 12.5 Å². The van der Waals surface area contributed by atoms with Crippen LogP contribution < -0.4 is 5.32 Å². The molecule has 0 heterocycles. The minimum atomic E-state index is -1.32. The van der Waals surface area contributed by atoms with Crippen molar-refractivity contribution in [3.8, 4) is 6.07 Å². The molecule has 0 aliphatic rings. The van der Waals surface area contributed by atoms with Gasteiger partial charge in [-0.3, -0.25) is 0 Å². The lowest BCUT2D eigenvalue weighted by atomic mass is 10.0. The maximum Gasteiger partial charge on any atom is 0.329 e. The Hall–Kier alpha value is -1.77. The third-order valence-corrected chi connectivity index (χ3v) is 2.10. The average Bonchev–Trinajstić information content (AvgIpc) is 2.17. The van der Waals surface area contributed by atoms with E-state index in [1.54, 1.807) is 0 Å². The molecule has 0 saturated heterocycles. The summed E-state index contributed by atoms with van der Waals surface area (Å²) in [5.74, 6) is -1.11. The molecule has 0 rings (SSSR count). The number of carboxylic acids is 1. The fourth-order valence-electron chi connectivity index (χ4n) is 1.05. The molecule has 0 radical (unpaired) electrons. The van der Waals surface area contributed by atoms with E-state index in [4.69, 9.17) is 10.4 Å². The SMILES string of the molecule is CNC(=O)N(CCC#N)C(C)(C)C(=O)O. The molecule has 0 saturated carbocycles. The predicted molar refractivity (Wildman–Crippen MR) is 53.1 cm³/mol. The summed E-state index contributed by atoms with van der Waals surface area (Å²) in [6.07, 6.45) is 0.101. The van der Waals surface area contributed by atoms with E-state index < -0.39 is 17.5 Å². The highest BCUT2D eigenvalue weighted by atomic mass is 16.4. The van der Waals surface area contributed by atoms with Crippen molar-refractivity contribution in [3.05, 3.63) is 0 Å². The minimum Gasteiger partial charge on any atom is -0.480 e. The molecule has 0 fully saturated rings. The molecular formula is C9H15N3O3. The summed E-state index contributed by atoms with van der Waals surface area (Å²) in [4.78, 5) is 23.5. The Labute approximate surface area is 88.5 Å². The summed E-state index contributed by atoms with van der Waals surface area (Å²) in [5.41, 5.74) is -1.32. The Kier molecular flexibility index (Phi) is 4.58. The highest BCUT2D eigenvalue weighted by Gasteiger charge is 2.37. The second-order valence-electron chi connectivity index (χ2n) is 3.48. The Morgan fingerprint density at radius 3 is 2.40 bits per heavy atom. The van der Waals surface area contributed by atoms with Crippen LogP contribution in [0.4, 0.5) is 4.79 Å². The number of aliphatic carboxylic acids is 1. The van der Waals surface area contributed by atoms with Gasteiger partial charge < -0.3 is 15.3 Å². The number of carboxylic acid groups (broad SMARTS) is 1. The van der Waals surface area contributed by atoms with Crippen molar-refractivity contribution in [2.45, 2.75) is 25.8 Å². The minimum absolute atomic E-state index is 0.0927. The smallest absolute Gasteiger partial charge is 0.329 e. The van der Waals surface area contributed by atoms with Crippen LogP contribution in [0, 0.1) is 11.3 Å². The number of urea groups is 1. The standard InChI is InChI=1S/C9H15N3O3/c1-9(2,7(13)14)12(6-4-5-10)8(15)11-3/h4,6H2,1-3H3,(H,11,15)(H,13,14). The maximum atomic E-state index is 11.4. The number of hydrogen-bond acceptors (Lipinski definition) is 3. The summed E-state index contributed by atoms with van der Waals surface area (Å²) in [6, 6.07) is 1.37. The molecule has 2 amide bonds. The average molecular weight is 213 g/mol. The van der Waals surface area contributed by atoms with Crippen molar-refractivity contribution in [3.63, 3.8) is 0 Å². The predicted octanol–water partition coefficient (Wildman–Crippen LogP) is 0.405. The first-order chi connectivity index (χ1) is 6.87. The van der Waals surface area contributed by atoms with Crippen LogP contribution in [0.1, 0.15) is 20.3 Å². The molecule has 0 aromatic rings. The van der Waals surface area contributed by atoms with E-state index in [0.717, 1.165) is 4.90 Å². The monoisotopic (exact) mass is 213 g/mol. The van der Waals surface area contributed by atoms with Crippen LogP contribution in [0.15, 0.2) is 0 Å². The highest BCUT2D eigenvalue weighted by Crippen LogP contribution is 2.15. The number of carbonyl (C=O) groups is 2. The van der Waals surface area contributed by atoms with E-state index in [1.807, 2.05) is 6.07 Å². The topological polar surface area (TPSA) is 93.4 Å². The van der Waals surface area contributed by atoms with Gasteiger partial charge in [0, 0.05) is 13.6 Å². The Morgan fingerprint density at radius 2 is 2.07 bits per heavy atom. The van der Waals surface area contributed by atoms with E-state index in [1.165, 1.54) is 20.9 Å². The zero-order chi connectivity index (χ0) is 12.1. The lowest BCUT2D eigenvalue weighted by Gasteiger charge is -2.34. The molecule has 84 valence electrons. The van der Waals surface area contributed by atoms with Crippen molar-refractivity contribution < 1.29 is 14.7 Å². The Bertz CT molecular complexity index is 293. The van der Waals surface area contributed by atoms with Crippen LogP contribution >= 0.6 is 0 Å². The molecule has 0 atom stereocenters. The number of carbonyl (C=O) groups excluding carboxylic acids is 1. The lowest BCUT2D eigenvalue weighted by Crippen LogP contribution is -2.55. The van der Waals surface area contributed by atoms with Gasteiger partial charge in [-0.2, -0.15) is 5.26 Å². The van der Waals surface area contributed by atoms with Gasteiger partial charge in [0.1, 0.15) is 5.54 Å². The van der Waals surface area contributed by atoms with Crippen molar-refractivity contribution in [1.29, 1.82) is 5.26 Å². The third kappa shape index (κ3) is 3.13. The number of rotatable bonds is 4. The van der Waals surface area contributed by atoms with Crippen LogP contribution in [-0.4, -0.2) is 41.1 Å². The molecule has 6 heteroatoms. The molecule has 0 bridgehead atoms. The number of nitrogens with one attached hydrogen (secondary N) is 1.